The van der Waals surface area contributed by atoms with E-state index in [-0.39, 0.29) is 0 Å². The Morgan fingerprint density at radius 1 is 1.08 bits per heavy atom. The van der Waals surface area contributed by atoms with E-state index in [2.05, 4.69) is 27.5 Å². The molecule has 0 aliphatic carbocycles. The molecule has 1 atom stereocenters. The molecule has 0 fully saturated rings. The molecule has 5 nitrogen and oxygen atoms in total. The Bertz CT molecular complexity index is 832. The number of fused-ring (bicyclic) bond motifs is 1. The number of aromatic nitrogens is 2. The average molecular weight is 322 g/mol. The van der Waals surface area contributed by atoms with E-state index in [4.69, 9.17) is 0 Å². The normalized spacial score (nSPS) is 12.1. The summed E-state index contributed by atoms with van der Waals surface area (Å²) in [6.45, 7) is 4.73. The third-order valence-electron chi connectivity index (χ3n) is 3.77. The van der Waals surface area contributed by atoms with Crippen LogP contribution in [0.4, 0.5) is 17.5 Å². The minimum atomic E-state index is -0.508. The third-order valence-corrected chi connectivity index (χ3v) is 3.77. The lowest BCUT2D eigenvalue weighted by Crippen LogP contribution is -2.06. The number of anilines is 3. The topological polar surface area (TPSA) is 70.1 Å². The number of hydrogen-bond donors (Lipinski definition) is 3. The van der Waals surface area contributed by atoms with Crippen molar-refractivity contribution in [1.82, 2.24) is 9.97 Å². The Morgan fingerprint density at radius 2 is 1.92 bits per heavy atom. The molecule has 5 heteroatoms. The maximum absolute atomic E-state index is 9.73. The number of nitrogens with one attached hydrogen (secondary N) is 2. The van der Waals surface area contributed by atoms with Crippen LogP contribution in [0.2, 0.25) is 0 Å². The standard InChI is InChI=1S/C19H22N4O/c1-3-11-20-18-16-9-4-5-10-17(16)22-19(23-18)21-15-8-6-7-14(12-15)13(2)24/h4-10,12-13,24H,3,11H2,1-2H3,(H2,20,21,22,23). The Kier molecular flexibility index (Phi) is 4.91. The van der Waals surface area contributed by atoms with Crippen molar-refractivity contribution in [2.45, 2.75) is 26.4 Å². The summed E-state index contributed by atoms with van der Waals surface area (Å²) in [7, 11) is 0. The first-order chi connectivity index (χ1) is 11.7. The van der Waals surface area contributed by atoms with Crippen LogP contribution in [0.3, 0.4) is 0 Å². The Balaban J connectivity index is 1.95. The maximum Gasteiger partial charge on any atom is 0.229 e. The van der Waals surface area contributed by atoms with Crippen LogP contribution in [-0.2, 0) is 0 Å². The van der Waals surface area contributed by atoms with E-state index in [0.29, 0.717) is 5.95 Å². The van der Waals surface area contributed by atoms with Gasteiger partial charge in [-0.2, -0.15) is 4.98 Å². The molecule has 24 heavy (non-hydrogen) atoms. The lowest BCUT2D eigenvalue weighted by molar-refractivity contribution is 0.199. The number of para-hydroxylation sites is 1. The Labute approximate surface area is 141 Å². The molecule has 0 aliphatic rings. The molecule has 0 amide bonds. The second-order valence-electron chi connectivity index (χ2n) is 5.77. The maximum atomic E-state index is 9.73. The number of aliphatic hydroxyl groups is 1. The first-order valence-electron chi connectivity index (χ1n) is 8.23. The summed E-state index contributed by atoms with van der Waals surface area (Å²) in [6.07, 6.45) is 0.517. The van der Waals surface area contributed by atoms with Crippen molar-refractivity contribution >= 4 is 28.4 Å². The monoisotopic (exact) mass is 322 g/mol. The van der Waals surface area contributed by atoms with Gasteiger partial charge in [0, 0.05) is 17.6 Å². The summed E-state index contributed by atoms with van der Waals surface area (Å²) in [6, 6.07) is 15.6. The van der Waals surface area contributed by atoms with Crippen molar-refractivity contribution in [3.63, 3.8) is 0 Å². The minimum Gasteiger partial charge on any atom is -0.389 e. The molecule has 2 aromatic carbocycles. The quantitative estimate of drug-likeness (QED) is 0.633. The molecule has 1 unspecified atom stereocenters. The van der Waals surface area contributed by atoms with Crippen LogP contribution in [0.5, 0.6) is 0 Å². The summed E-state index contributed by atoms with van der Waals surface area (Å²) in [5.41, 5.74) is 2.59. The molecule has 0 radical (unpaired) electrons. The van der Waals surface area contributed by atoms with Crippen LogP contribution in [0.25, 0.3) is 10.9 Å². The first-order valence-corrected chi connectivity index (χ1v) is 8.23. The molecule has 3 N–H and O–H groups in total. The molecular weight excluding hydrogens is 300 g/mol. The predicted octanol–water partition coefficient (Wildman–Crippen LogP) is 4.25. The van der Waals surface area contributed by atoms with E-state index in [1.807, 2.05) is 48.5 Å². The summed E-state index contributed by atoms with van der Waals surface area (Å²) < 4.78 is 0. The smallest absolute Gasteiger partial charge is 0.229 e. The summed E-state index contributed by atoms with van der Waals surface area (Å²) >= 11 is 0. The molecule has 0 saturated carbocycles. The Morgan fingerprint density at radius 3 is 2.71 bits per heavy atom. The minimum absolute atomic E-state index is 0.508. The van der Waals surface area contributed by atoms with Crippen molar-refractivity contribution in [1.29, 1.82) is 0 Å². The van der Waals surface area contributed by atoms with Crippen LogP contribution < -0.4 is 10.6 Å². The zero-order chi connectivity index (χ0) is 16.9. The van der Waals surface area contributed by atoms with Gasteiger partial charge in [0.2, 0.25) is 5.95 Å². The molecule has 0 bridgehead atoms. The fourth-order valence-corrected chi connectivity index (χ4v) is 2.52. The van der Waals surface area contributed by atoms with Gasteiger partial charge in [-0.1, -0.05) is 31.2 Å². The van der Waals surface area contributed by atoms with Crippen LogP contribution in [0.15, 0.2) is 48.5 Å². The SMILES string of the molecule is CCCNc1nc(Nc2cccc(C(C)O)c2)nc2ccccc12. The van der Waals surface area contributed by atoms with Gasteiger partial charge in [-0.05, 0) is 43.2 Å². The number of hydrogen-bond acceptors (Lipinski definition) is 5. The van der Waals surface area contributed by atoms with Crippen LogP contribution in [0, 0.1) is 0 Å². The van der Waals surface area contributed by atoms with Crippen molar-refractivity contribution in [3.05, 3.63) is 54.1 Å². The lowest BCUT2D eigenvalue weighted by atomic mass is 10.1. The zero-order valence-electron chi connectivity index (χ0n) is 14.0. The van der Waals surface area contributed by atoms with Crippen molar-refractivity contribution < 1.29 is 5.11 Å². The van der Waals surface area contributed by atoms with Gasteiger partial charge >= 0.3 is 0 Å². The molecule has 0 spiro atoms. The molecular formula is C19H22N4O. The number of benzene rings is 2. The van der Waals surface area contributed by atoms with Crippen LogP contribution in [-0.4, -0.2) is 21.6 Å². The number of rotatable bonds is 6. The van der Waals surface area contributed by atoms with Gasteiger partial charge in [-0.3, -0.25) is 0 Å². The van der Waals surface area contributed by atoms with Crippen molar-refractivity contribution in [3.8, 4) is 0 Å². The summed E-state index contributed by atoms with van der Waals surface area (Å²) in [5.74, 6) is 1.37. The van der Waals surface area contributed by atoms with E-state index in [0.717, 1.165) is 40.9 Å². The van der Waals surface area contributed by atoms with Gasteiger partial charge in [0.1, 0.15) is 5.82 Å². The number of aliphatic hydroxyl groups excluding tert-OH is 1. The van der Waals surface area contributed by atoms with E-state index < -0.39 is 6.10 Å². The molecule has 3 rings (SSSR count). The van der Waals surface area contributed by atoms with Gasteiger partial charge < -0.3 is 15.7 Å². The summed E-state index contributed by atoms with van der Waals surface area (Å²) in [5, 5.41) is 17.3. The molecule has 124 valence electrons. The van der Waals surface area contributed by atoms with Crippen LogP contribution in [0.1, 0.15) is 31.9 Å². The highest BCUT2D eigenvalue weighted by atomic mass is 16.3. The van der Waals surface area contributed by atoms with E-state index in [1.54, 1.807) is 6.92 Å². The average Bonchev–Trinajstić information content (AvgIpc) is 2.60. The van der Waals surface area contributed by atoms with Crippen molar-refractivity contribution in [2.24, 2.45) is 0 Å². The third kappa shape index (κ3) is 3.63. The van der Waals surface area contributed by atoms with Gasteiger partial charge in [0.25, 0.3) is 0 Å². The predicted molar refractivity (Wildman–Crippen MR) is 98.7 cm³/mol. The first kappa shape index (κ1) is 16.2. The number of nitrogens with zero attached hydrogens (tertiary/aromatic N) is 2. The van der Waals surface area contributed by atoms with Crippen molar-refractivity contribution in [2.75, 3.05) is 17.2 Å². The second kappa shape index (κ2) is 7.27. The lowest BCUT2D eigenvalue weighted by Gasteiger charge is -2.12. The fourth-order valence-electron chi connectivity index (χ4n) is 2.52. The zero-order valence-corrected chi connectivity index (χ0v) is 14.0. The second-order valence-corrected chi connectivity index (χ2v) is 5.77. The highest BCUT2D eigenvalue weighted by Gasteiger charge is 2.08. The Hall–Kier alpha value is -2.66. The van der Waals surface area contributed by atoms with E-state index in [1.165, 1.54) is 0 Å². The highest BCUT2D eigenvalue weighted by Crippen LogP contribution is 2.24. The van der Waals surface area contributed by atoms with Gasteiger partial charge in [-0.25, -0.2) is 4.98 Å². The van der Waals surface area contributed by atoms with Crippen LogP contribution >= 0.6 is 0 Å². The van der Waals surface area contributed by atoms with E-state index >= 15 is 0 Å². The fraction of sp³-hybridized carbons (Fsp3) is 0.263. The molecule has 1 heterocycles. The van der Waals surface area contributed by atoms with Gasteiger partial charge in [-0.15, -0.1) is 0 Å². The molecule has 3 aromatic rings. The van der Waals surface area contributed by atoms with Gasteiger partial charge in [0.05, 0.1) is 11.6 Å². The molecule has 0 aliphatic heterocycles. The summed E-state index contributed by atoms with van der Waals surface area (Å²) in [4.78, 5) is 9.20. The molecule has 0 saturated heterocycles. The van der Waals surface area contributed by atoms with E-state index in [9.17, 15) is 5.11 Å². The van der Waals surface area contributed by atoms with Gasteiger partial charge in [0.15, 0.2) is 0 Å². The largest absolute Gasteiger partial charge is 0.389 e. The highest BCUT2D eigenvalue weighted by molar-refractivity contribution is 5.90. The molecule has 1 aromatic heterocycles.